The van der Waals surface area contributed by atoms with E-state index in [9.17, 15) is 28.1 Å². The number of anilines is 1. The molecule has 0 aliphatic carbocycles. The summed E-state index contributed by atoms with van der Waals surface area (Å²) in [5.74, 6) is 1.09. The predicted molar refractivity (Wildman–Crippen MR) is 253 cm³/mol. The monoisotopic (exact) mass is 920 g/mol. The largest absolute Gasteiger partial charge is 0.339 e. The molecule has 0 unspecified atom stereocenters. The molecule has 0 radical (unpaired) electrons. The molecule has 67 heavy (non-hydrogen) atoms. The standard InChI is InChI=1S/C51H56N10O5S/c1-35-8-18-56(19-9-35)49(62)45-33-53-61-27-17-42(31-48(45)61)39-14-24-59(25-15-39)67(65,66)44-7-3-5-40(29-44)37-10-20-57(21-11-37)50(63)46-34-54-60-26-16-41(30-47(46)60)38-12-22-58(23-13-38)51(64)55-43-6-2-4-36(28-43)32-52/h2-7,16-17,26-31,33-35,37-39H,8-15,18-25H2,1H3,(H,55,64). The molecule has 8 heterocycles. The Morgan fingerprint density at radius 1 is 0.612 bits per heavy atom. The molecule has 4 aromatic heterocycles. The summed E-state index contributed by atoms with van der Waals surface area (Å²) in [7, 11) is -3.73. The van der Waals surface area contributed by atoms with E-state index in [4.69, 9.17) is 0 Å². The van der Waals surface area contributed by atoms with Crippen molar-refractivity contribution in [3.63, 3.8) is 0 Å². The van der Waals surface area contributed by atoms with E-state index < -0.39 is 10.0 Å². The van der Waals surface area contributed by atoms with Gasteiger partial charge in [-0.25, -0.2) is 22.2 Å². The highest BCUT2D eigenvalue weighted by Gasteiger charge is 2.33. The van der Waals surface area contributed by atoms with Crippen molar-refractivity contribution < 1.29 is 22.8 Å². The topological polar surface area (TPSA) is 169 Å². The number of carbonyl (C=O) groups excluding carboxylic acids is 3. The first-order valence-electron chi connectivity index (χ1n) is 23.7. The van der Waals surface area contributed by atoms with Crippen LogP contribution in [-0.4, -0.2) is 117 Å². The highest BCUT2D eigenvalue weighted by atomic mass is 32.2. The highest BCUT2D eigenvalue weighted by Crippen LogP contribution is 2.36. The van der Waals surface area contributed by atoms with Crippen LogP contribution >= 0.6 is 0 Å². The zero-order valence-corrected chi connectivity index (χ0v) is 38.7. The summed E-state index contributed by atoms with van der Waals surface area (Å²) >= 11 is 0. The third-order valence-corrected chi connectivity index (χ3v) is 16.7. The zero-order valence-electron chi connectivity index (χ0n) is 37.8. The van der Waals surface area contributed by atoms with Crippen LogP contribution in [0.25, 0.3) is 11.0 Å². The molecule has 0 atom stereocenters. The number of aromatic nitrogens is 4. The maximum atomic E-state index is 14.1. The first-order chi connectivity index (χ1) is 32.5. The van der Waals surface area contributed by atoms with Crippen LogP contribution in [0, 0.1) is 17.2 Å². The number of likely N-dealkylation sites (tertiary alicyclic amines) is 3. The second-order valence-electron chi connectivity index (χ2n) is 18.9. The smallest absolute Gasteiger partial charge is 0.321 e. The maximum Gasteiger partial charge on any atom is 0.321 e. The van der Waals surface area contributed by atoms with Crippen LogP contribution < -0.4 is 5.32 Å². The molecule has 6 aromatic rings. The Kier molecular flexibility index (Phi) is 12.3. The Bertz CT molecular complexity index is 2980. The normalized spacial score (nSPS) is 18.7. The fourth-order valence-corrected chi connectivity index (χ4v) is 12.1. The van der Waals surface area contributed by atoms with Gasteiger partial charge in [-0.05, 0) is 146 Å². The lowest BCUT2D eigenvalue weighted by Crippen LogP contribution is -2.40. The molecule has 4 amide bonds. The second-order valence-corrected chi connectivity index (χ2v) is 20.8. The Morgan fingerprint density at radius 3 is 1.66 bits per heavy atom. The van der Waals surface area contributed by atoms with Crippen molar-refractivity contribution in [2.75, 3.05) is 57.7 Å². The molecule has 0 spiro atoms. The summed E-state index contributed by atoms with van der Waals surface area (Å²) in [6, 6.07) is 24.4. The summed E-state index contributed by atoms with van der Waals surface area (Å²) < 4.78 is 33.3. The predicted octanol–water partition coefficient (Wildman–Crippen LogP) is 7.73. The molecule has 0 saturated carbocycles. The summed E-state index contributed by atoms with van der Waals surface area (Å²) in [4.78, 5) is 46.5. The molecule has 2 aromatic carbocycles. The number of nitriles is 1. The Balaban J connectivity index is 0.735. The van der Waals surface area contributed by atoms with Crippen molar-refractivity contribution in [2.24, 2.45) is 5.92 Å². The van der Waals surface area contributed by atoms with Gasteiger partial charge in [-0.1, -0.05) is 25.1 Å². The van der Waals surface area contributed by atoms with Gasteiger partial charge < -0.3 is 20.0 Å². The molecule has 4 fully saturated rings. The number of piperidine rings is 4. The minimum Gasteiger partial charge on any atom is -0.339 e. The number of amides is 4. The minimum absolute atomic E-state index is 0.0246. The van der Waals surface area contributed by atoms with E-state index in [1.807, 2.05) is 52.5 Å². The molecular formula is C51H56N10O5S. The molecule has 10 rings (SSSR count). The van der Waals surface area contributed by atoms with Gasteiger partial charge in [0.1, 0.15) is 0 Å². The van der Waals surface area contributed by atoms with E-state index in [0.29, 0.717) is 98.1 Å². The number of carbonyl (C=O) groups is 3. The lowest BCUT2D eigenvalue weighted by Gasteiger charge is -2.33. The zero-order chi connectivity index (χ0) is 46.2. The van der Waals surface area contributed by atoms with Crippen LogP contribution in [0.5, 0.6) is 0 Å². The number of hydrogen-bond acceptors (Lipinski definition) is 8. The number of rotatable bonds is 8. The summed E-state index contributed by atoms with van der Waals surface area (Å²) in [5.41, 5.74) is 6.99. The lowest BCUT2D eigenvalue weighted by atomic mass is 9.89. The van der Waals surface area contributed by atoms with Crippen LogP contribution in [0.2, 0.25) is 0 Å². The Morgan fingerprint density at radius 2 is 1.10 bits per heavy atom. The molecule has 15 nitrogen and oxygen atoms in total. The summed E-state index contributed by atoms with van der Waals surface area (Å²) in [6.07, 6.45) is 13.5. The molecule has 0 bridgehead atoms. The van der Waals surface area contributed by atoms with E-state index in [1.165, 1.54) is 0 Å². The molecule has 346 valence electrons. The molecule has 16 heteroatoms. The molecular weight excluding hydrogens is 865 g/mol. The number of benzene rings is 2. The lowest BCUT2D eigenvalue weighted by molar-refractivity contribution is 0.0696. The number of fused-ring (bicyclic) bond motifs is 2. The number of nitrogens with one attached hydrogen (secondary N) is 1. The van der Waals surface area contributed by atoms with Crippen molar-refractivity contribution in [2.45, 2.75) is 80.9 Å². The van der Waals surface area contributed by atoms with Crippen molar-refractivity contribution in [3.05, 3.63) is 131 Å². The van der Waals surface area contributed by atoms with Crippen LogP contribution in [0.15, 0.2) is 102 Å². The number of hydrogen-bond donors (Lipinski definition) is 1. The van der Waals surface area contributed by atoms with Crippen LogP contribution in [0.4, 0.5) is 10.5 Å². The van der Waals surface area contributed by atoms with Gasteiger partial charge in [0.2, 0.25) is 10.0 Å². The third-order valence-electron chi connectivity index (χ3n) is 14.8. The number of pyridine rings is 2. The van der Waals surface area contributed by atoms with Crippen LogP contribution in [0.1, 0.15) is 119 Å². The Labute approximate surface area is 391 Å². The third kappa shape index (κ3) is 9.02. The molecule has 4 aliphatic heterocycles. The summed E-state index contributed by atoms with van der Waals surface area (Å²) in [6.45, 7) is 6.84. The van der Waals surface area contributed by atoms with Gasteiger partial charge in [-0.3, -0.25) is 9.59 Å². The maximum absolute atomic E-state index is 14.1. The quantitative estimate of drug-likeness (QED) is 0.162. The number of nitrogens with zero attached hydrogens (tertiary/aromatic N) is 9. The molecule has 4 saturated heterocycles. The molecule has 4 aliphatic rings. The average Bonchev–Trinajstić information content (AvgIpc) is 4.00. The van der Waals surface area contributed by atoms with Gasteiger partial charge in [0.25, 0.3) is 11.8 Å². The van der Waals surface area contributed by atoms with Crippen molar-refractivity contribution in [3.8, 4) is 6.07 Å². The Hall–Kier alpha value is -6.57. The highest BCUT2D eigenvalue weighted by molar-refractivity contribution is 7.89. The number of urea groups is 1. The SMILES string of the molecule is CC1CCN(C(=O)c2cnn3ccc(C4CCN(S(=O)(=O)c5cccc(C6CCN(C(=O)c7cnn8ccc(C9CCN(C(=O)Nc%10cccc(C#N)c%10)CC9)cc78)CC6)c5)CC4)cc23)CC1. The van der Waals surface area contributed by atoms with Gasteiger partial charge in [0, 0.05) is 70.4 Å². The van der Waals surface area contributed by atoms with Gasteiger partial charge >= 0.3 is 6.03 Å². The number of sulfonamides is 1. The van der Waals surface area contributed by atoms with E-state index in [1.54, 1.807) is 61.0 Å². The summed E-state index contributed by atoms with van der Waals surface area (Å²) in [5, 5.41) is 21.1. The van der Waals surface area contributed by atoms with Gasteiger partial charge in [-0.2, -0.15) is 19.8 Å². The van der Waals surface area contributed by atoms with Crippen molar-refractivity contribution in [1.29, 1.82) is 5.26 Å². The van der Waals surface area contributed by atoms with E-state index in [2.05, 4.69) is 40.6 Å². The molecule has 1 N–H and O–H groups in total. The van der Waals surface area contributed by atoms with Gasteiger partial charge in [-0.15, -0.1) is 0 Å². The van der Waals surface area contributed by atoms with Crippen molar-refractivity contribution in [1.82, 2.24) is 38.2 Å². The first-order valence-corrected chi connectivity index (χ1v) is 25.2. The average molecular weight is 921 g/mol. The van der Waals surface area contributed by atoms with Crippen LogP contribution in [-0.2, 0) is 10.0 Å². The van der Waals surface area contributed by atoms with E-state index in [0.717, 1.165) is 66.5 Å². The fraction of sp³-hybridized carbons (Fsp3) is 0.412. The first kappa shape index (κ1) is 44.3. The minimum atomic E-state index is -3.73. The van der Waals surface area contributed by atoms with Gasteiger partial charge in [0.05, 0.1) is 51.1 Å². The second kappa shape index (κ2) is 18.6. The van der Waals surface area contributed by atoms with Crippen LogP contribution in [0.3, 0.4) is 0 Å². The van der Waals surface area contributed by atoms with E-state index >= 15 is 0 Å². The fourth-order valence-electron chi connectivity index (χ4n) is 10.6. The van der Waals surface area contributed by atoms with Gasteiger partial charge in [0.15, 0.2) is 0 Å². The van der Waals surface area contributed by atoms with E-state index in [-0.39, 0.29) is 35.6 Å². The van der Waals surface area contributed by atoms with Crippen molar-refractivity contribution >= 4 is 44.6 Å².